The molecule has 1 aliphatic rings. The third-order valence-corrected chi connectivity index (χ3v) is 5.31. The van der Waals surface area contributed by atoms with E-state index >= 15 is 0 Å². The van der Waals surface area contributed by atoms with Crippen molar-refractivity contribution >= 4 is 11.3 Å². The van der Waals surface area contributed by atoms with Crippen LogP contribution in [0.25, 0.3) is 0 Å². The van der Waals surface area contributed by atoms with Crippen LogP contribution in [0.5, 0.6) is 0 Å². The van der Waals surface area contributed by atoms with Crippen LogP contribution in [0.1, 0.15) is 32.1 Å². The van der Waals surface area contributed by atoms with Gasteiger partial charge in [0.2, 0.25) is 0 Å². The molecule has 1 aliphatic heterocycles. The van der Waals surface area contributed by atoms with E-state index in [0.717, 1.165) is 19.0 Å². The Morgan fingerprint density at radius 1 is 1.50 bits per heavy atom. The summed E-state index contributed by atoms with van der Waals surface area (Å²) in [5.41, 5.74) is 0.479. The molecule has 0 spiro atoms. The highest BCUT2D eigenvalue weighted by Crippen LogP contribution is 2.35. The summed E-state index contributed by atoms with van der Waals surface area (Å²) in [6.45, 7) is 12.9. The number of nitrogens with one attached hydrogen (secondary N) is 1. The molecule has 1 aromatic rings. The Balaban J connectivity index is 2.00. The van der Waals surface area contributed by atoms with Crippen LogP contribution in [0.4, 0.5) is 0 Å². The van der Waals surface area contributed by atoms with Crippen molar-refractivity contribution < 1.29 is 0 Å². The molecule has 1 aromatic heterocycles. The first-order valence-corrected chi connectivity index (χ1v) is 8.00. The van der Waals surface area contributed by atoms with Crippen molar-refractivity contribution in [2.75, 3.05) is 26.2 Å². The second kappa shape index (κ2) is 6.18. The van der Waals surface area contributed by atoms with Crippen molar-refractivity contribution in [3.05, 3.63) is 22.4 Å². The average Bonchev–Trinajstić information content (AvgIpc) is 2.99. The third-order valence-electron chi connectivity index (χ3n) is 4.45. The molecule has 1 N–H and O–H groups in total. The lowest BCUT2D eigenvalue weighted by atomic mass is 9.76. The van der Waals surface area contributed by atoms with Gasteiger partial charge in [0, 0.05) is 24.5 Å². The molecule has 1 unspecified atom stereocenters. The minimum atomic E-state index is 0.479. The molecule has 0 radical (unpaired) electrons. The summed E-state index contributed by atoms with van der Waals surface area (Å²) in [7, 11) is 0. The molecule has 0 bridgehead atoms. The summed E-state index contributed by atoms with van der Waals surface area (Å²) in [6.07, 6.45) is 1.33. The largest absolute Gasteiger partial charge is 0.316 e. The zero-order chi connectivity index (χ0) is 13.0. The summed E-state index contributed by atoms with van der Waals surface area (Å²) in [5.74, 6) is 0.755. The summed E-state index contributed by atoms with van der Waals surface area (Å²) in [5, 5.41) is 5.74. The highest BCUT2D eigenvalue weighted by atomic mass is 32.1. The highest BCUT2D eigenvalue weighted by Gasteiger charge is 2.38. The maximum atomic E-state index is 3.56. The Morgan fingerprint density at radius 2 is 2.33 bits per heavy atom. The molecule has 1 saturated heterocycles. The van der Waals surface area contributed by atoms with Crippen molar-refractivity contribution in [1.29, 1.82) is 0 Å². The Morgan fingerprint density at radius 3 is 2.83 bits per heavy atom. The Labute approximate surface area is 115 Å². The van der Waals surface area contributed by atoms with E-state index in [2.05, 4.69) is 48.5 Å². The minimum Gasteiger partial charge on any atom is -0.316 e. The van der Waals surface area contributed by atoms with E-state index in [1.165, 1.54) is 30.9 Å². The lowest BCUT2D eigenvalue weighted by molar-refractivity contribution is 0.117. The van der Waals surface area contributed by atoms with E-state index in [-0.39, 0.29) is 0 Å². The molecule has 0 saturated carbocycles. The van der Waals surface area contributed by atoms with Gasteiger partial charge < -0.3 is 5.32 Å². The van der Waals surface area contributed by atoms with E-state index in [9.17, 15) is 0 Å². The highest BCUT2D eigenvalue weighted by molar-refractivity contribution is 7.09. The Bertz CT molecular complexity index is 339. The third kappa shape index (κ3) is 3.14. The van der Waals surface area contributed by atoms with Crippen molar-refractivity contribution in [1.82, 2.24) is 10.2 Å². The topological polar surface area (TPSA) is 15.3 Å². The van der Waals surface area contributed by atoms with Crippen LogP contribution in [-0.4, -0.2) is 31.1 Å². The lowest BCUT2D eigenvalue weighted by Gasteiger charge is -2.37. The normalized spacial score (nSPS) is 24.3. The summed E-state index contributed by atoms with van der Waals surface area (Å²) in [6, 6.07) is 4.41. The molecule has 0 aromatic carbocycles. The van der Waals surface area contributed by atoms with Gasteiger partial charge in [-0.2, -0.15) is 0 Å². The SMILES string of the molecule is CCN(Cc1cccs1)CC1(C(C)C)CCNC1. The Kier molecular flexibility index (Phi) is 4.82. The monoisotopic (exact) mass is 266 g/mol. The van der Waals surface area contributed by atoms with Crippen LogP contribution >= 0.6 is 11.3 Å². The second-order valence-electron chi connectivity index (χ2n) is 5.83. The van der Waals surface area contributed by atoms with Crippen LogP contribution in [0.3, 0.4) is 0 Å². The standard InChI is InChI=1S/C15H26N2S/c1-4-17(10-14-6-5-9-18-14)12-15(13(2)3)7-8-16-11-15/h5-6,9,13,16H,4,7-8,10-12H2,1-3H3. The molecule has 0 aliphatic carbocycles. The van der Waals surface area contributed by atoms with Crippen molar-refractivity contribution in [2.24, 2.45) is 11.3 Å². The molecule has 18 heavy (non-hydrogen) atoms. The van der Waals surface area contributed by atoms with E-state index in [0.29, 0.717) is 5.41 Å². The lowest BCUT2D eigenvalue weighted by Crippen LogP contribution is -2.42. The fourth-order valence-electron chi connectivity index (χ4n) is 2.92. The van der Waals surface area contributed by atoms with E-state index in [1.807, 2.05) is 11.3 Å². The number of rotatable bonds is 6. The predicted molar refractivity (Wildman–Crippen MR) is 80.0 cm³/mol. The van der Waals surface area contributed by atoms with Crippen LogP contribution in [0, 0.1) is 11.3 Å². The van der Waals surface area contributed by atoms with Gasteiger partial charge in [-0.25, -0.2) is 0 Å². The van der Waals surface area contributed by atoms with E-state index < -0.39 is 0 Å². The van der Waals surface area contributed by atoms with Gasteiger partial charge in [0.1, 0.15) is 0 Å². The molecule has 2 heterocycles. The van der Waals surface area contributed by atoms with E-state index in [4.69, 9.17) is 0 Å². The quantitative estimate of drug-likeness (QED) is 0.850. The van der Waals surface area contributed by atoms with Gasteiger partial charge in [-0.1, -0.05) is 26.8 Å². The summed E-state index contributed by atoms with van der Waals surface area (Å²) >= 11 is 1.87. The number of nitrogens with zero attached hydrogens (tertiary/aromatic N) is 1. The second-order valence-corrected chi connectivity index (χ2v) is 6.86. The predicted octanol–water partition coefficient (Wildman–Crippen LogP) is 3.21. The molecule has 3 heteroatoms. The molecule has 0 amide bonds. The van der Waals surface area contributed by atoms with E-state index in [1.54, 1.807) is 0 Å². The number of thiophene rings is 1. The molecule has 1 fully saturated rings. The summed E-state index contributed by atoms with van der Waals surface area (Å²) in [4.78, 5) is 4.10. The van der Waals surface area contributed by atoms with Gasteiger partial charge in [0.05, 0.1) is 0 Å². The van der Waals surface area contributed by atoms with Crippen LogP contribution in [0.2, 0.25) is 0 Å². The smallest absolute Gasteiger partial charge is 0.0328 e. The Hall–Kier alpha value is -0.380. The van der Waals surface area contributed by atoms with Gasteiger partial charge in [0.15, 0.2) is 0 Å². The number of hydrogen-bond donors (Lipinski definition) is 1. The van der Waals surface area contributed by atoms with Crippen LogP contribution in [0.15, 0.2) is 17.5 Å². The zero-order valence-electron chi connectivity index (χ0n) is 11.9. The zero-order valence-corrected chi connectivity index (χ0v) is 12.7. The fourth-order valence-corrected chi connectivity index (χ4v) is 3.67. The van der Waals surface area contributed by atoms with Gasteiger partial charge in [0.25, 0.3) is 0 Å². The molecular formula is C15H26N2S. The molecule has 2 rings (SSSR count). The molecule has 2 nitrogen and oxygen atoms in total. The first-order chi connectivity index (χ1) is 8.66. The molecular weight excluding hydrogens is 240 g/mol. The first-order valence-electron chi connectivity index (χ1n) is 7.12. The molecule has 102 valence electrons. The average molecular weight is 266 g/mol. The van der Waals surface area contributed by atoms with Gasteiger partial charge in [-0.15, -0.1) is 11.3 Å². The van der Waals surface area contributed by atoms with Crippen molar-refractivity contribution in [2.45, 2.75) is 33.7 Å². The maximum Gasteiger partial charge on any atom is 0.0328 e. The van der Waals surface area contributed by atoms with Crippen molar-refractivity contribution in [3.63, 3.8) is 0 Å². The van der Waals surface area contributed by atoms with Crippen LogP contribution in [-0.2, 0) is 6.54 Å². The van der Waals surface area contributed by atoms with Gasteiger partial charge >= 0.3 is 0 Å². The van der Waals surface area contributed by atoms with Crippen molar-refractivity contribution in [3.8, 4) is 0 Å². The minimum absolute atomic E-state index is 0.479. The van der Waals surface area contributed by atoms with Gasteiger partial charge in [-0.3, -0.25) is 4.90 Å². The molecule has 1 atom stereocenters. The van der Waals surface area contributed by atoms with Gasteiger partial charge in [-0.05, 0) is 42.3 Å². The maximum absolute atomic E-state index is 3.56. The number of hydrogen-bond acceptors (Lipinski definition) is 3. The summed E-state index contributed by atoms with van der Waals surface area (Å²) < 4.78 is 0. The fraction of sp³-hybridized carbons (Fsp3) is 0.733. The van der Waals surface area contributed by atoms with Crippen LogP contribution < -0.4 is 5.32 Å². The first kappa shape index (κ1) is 14.0.